The third kappa shape index (κ3) is 4.28. The molecule has 0 saturated carbocycles. The van der Waals surface area contributed by atoms with Gasteiger partial charge in [-0.3, -0.25) is 9.59 Å². The lowest BCUT2D eigenvalue weighted by molar-refractivity contribution is -0.118. The highest BCUT2D eigenvalue weighted by atomic mass is 16.5. The van der Waals surface area contributed by atoms with Gasteiger partial charge in [-0.2, -0.15) is 5.10 Å². The molecule has 8 heteroatoms. The first kappa shape index (κ1) is 18.9. The zero-order valence-corrected chi connectivity index (χ0v) is 15.8. The number of hydrogen-bond acceptors (Lipinski definition) is 6. The average molecular weight is 372 g/mol. The molecule has 0 bridgehead atoms. The van der Waals surface area contributed by atoms with Crippen molar-refractivity contribution in [3.05, 3.63) is 45.9 Å². The van der Waals surface area contributed by atoms with Crippen LogP contribution in [-0.2, 0) is 16.6 Å². The number of anilines is 2. The summed E-state index contributed by atoms with van der Waals surface area (Å²) in [5.74, 6) is 0.320. The van der Waals surface area contributed by atoms with Crippen LogP contribution in [0.5, 0.6) is 5.75 Å². The summed E-state index contributed by atoms with van der Waals surface area (Å²) in [5.41, 5.74) is 2.64. The molecule has 0 radical (unpaired) electrons. The molecular weight excluding hydrogens is 348 g/mol. The van der Waals surface area contributed by atoms with Gasteiger partial charge in [0, 0.05) is 20.1 Å². The van der Waals surface area contributed by atoms with Crippen LogP contribution in [0.25, 0.3) is 0 Å². The van der Waals surface area contributed by atoms with Crippen molar-refractivity contribution in [3.8, 4) is 5.75 Å². The van der Waals surface area contributed by atoms with E-state index < -0.39 is 0 Å². The fourth-order valence-corrected chi connectivity index (χ4v) is 2.92. The van der Waals surface area contributed by atoms with Crippen LogP contribution < -0.4 is 20.5 Å². The Bertz CT molecular complexity index is 888. The number of carbonyl (C=O) groups excluding carboxylic acids is 1. The summed E-state index contributed by atoms with van der Waals surface area (Å²) >= 11 is 0. The van der Waals surface area contributed by atoms with E-state index in [1.807, 2.05) is 36.9 Å². The van der Waals surface area contributed by atoms with Gasteiger partial charge in [-0.05, 0) is 31.0 Å². The summed E-state index contributed by atoms with van der Waals surface area (Å²) in [7, 11) is 1.58. The maximum absolute atomic E-state index is 12.6. The molecule has 1 amide bonds. The smallest absolute Gasteiger partial charge is 0.292 e. The zero-order chi connectivity index (χ0) is 19.4. The maximum atomic E-state index is 12.6. The Kier molecular flexibility index (Phi) is 5.75. The van der Waals surface area contributed by atoms with E-state index in [0.717, 1.165) is 11.1 Å². The molecule has 0 aliphatic carbocycles. The van der Waals surface area contributed by atoms with Crippen LogP contribution in [0.3, 0.4) is 0 Å². The van der Waals surface area contributed by atoms with Crippen molar-refractivity contribution in [1.29, 1.82) is 0 Å². The van der Waals surface area contributed by atoms with Crippen LogP contribution in [0.2, 0.25) is 0 Å². The monoisotopic (exact) mass is 372 g/mol. The van der Waals surface area contributed by atoms with Crippen LogP contribution >= 0.6 is 0 Å². The molecule has 1 fully saturated rings. The van der Waals surface area contributed by atoms with Crippen LogP contribution in [0.1, 0.15) is 11.1 Å². The van der Waals surface area contributed by atoms with Gasteiger partial charge in [0.2, 0.25) is 0 Å². The molecular formula is C19H24N4O4. The number of ether oxygens (including phenoxy) is 2. The van der Waals surface area contributed by atoms with Gasteiger partial charge in [0.05, 0.1) is 25.1 Å². The van der Waals surface area contributed by atoms with Gasteiger partial charge >= 0.3 is 0 Å². The Morgan fingerprint density at radius 3 is 2.78 bits per heavy atom. The summed E-state index contributed by atoms with van der Waals surface area (Å²) in [6.45, 7) is 6.03. The summed E-state index contributed by atoms with van der Waals surface area (Å²) in [4.78, 5) is 26.9. The third-order valence-electron chi connectivity index (χ3n) is 4.63. The normalized spacial score (nSPS) is 14.1. The largest absolute Gasteiger partial charge is 0.483 e. The lowest BCUT2D eigenvalue weighted by Crippen LogP contribution is -2.41. The van der Waals surface area contributed by atoms with E-state index >= 15 is 0 Å². The number of nitrogens with zero attached hydrogens (tertiary/aromatic N) is 3. The molecule has 1 N–H and O–H groups in total. The van der Waals surface area contributed by atoms with E-state index in [-0.39, 0.29) is 18.1 Å². The van der Waals surface area contributed by atoms with Crippen molar-refractivity contribution in [2.75, 3.05) is 43.1 Å². The molecule has 27 heavy (non-hydrogen) atoms. The molecule has 1 aromatic carbocycles. The lowest BCUT2D eigenvalue weighted by atomic mass is 10.1. The van der Waals surface area contributed by atoms with Crippen molar-refractivity contribution in [3.63, 3.8) is 0 Å². The molecule has 0 atom stereocenters. The van der Waals surface area contributed by atoms with Gasteiger partial charge in [0.15, 0.2) is 6.61 Å². The minimum absolute atomic E-state index is 0.151. The second kappa shape index (κ2) is 8.22. The summed E-state index contributed by atoms with van der Waals surface area (Å²) < 4.78 is 12.2. The van der Waals surface area contributed by atoms with E-state index in [9.17, 15) is 9.59 Å². The van der Waals surface area contributed by atoms with E-state index in [4.69, 9.17) is 9.47 Å². The topological polar surface area (TPSA) is 85.7 Å². The highest BCUT2D eigenvalue weighted by molar-refractivity contribution is 5.95. The standard InChI is InChI=1S/C19H24N4O4/c1-13-5-4-6-16(14(13)2)27-12-17(24)21-15-11-20-22(3)19(25)18(15)23-7-9-26-10-8-23/h4-6,11H,7-10,12H2,1-3H3,(H,21,24). The van der Waals surface area contributed by atoms with E-state index in [0.29, 0.717) is 43.4 Å². The van der Waals surface area contributed by atoms with Gasteiger partial charge < -0.3 is 19.7 Å². The fraction of sp³-hybridized carbons (Fsp3) is 0.421. The summed E-state index contributed by atoms with van der Waals surface area (Å²) in [5, 5.41) is 6.78. The van der Waals surface area contributed by atoms with Crippen molar-refractivity contribution >= 4 is 17.3 Å². The van der Waals surface area contributed by atoms with E-state index in [2.05, 4.69) is 10.4 Å². The molecule has 3 rings (SSSR count). The predicted octanol–water partition coefficient (Wildman–Crippen LogP) is 1.25. The summed E-state index contributed by atoms with van der Waals surface area (Å²) in [6, 6.07) is 5.70. The molecule has 1 saturated heterocycles. The number of carbonyl (C=O) groups is 1. The molecule has 1 aromatic heterocycles. The minimum atomic E-state index is -0.347. The number of rotatable bonds is 5. The van der Waals surface area contributed by atoms with Crippen LogP contribution in [0.15, 0.2) is 29.2 Å². The number of amides is 1. The first-order chi connectivity index (χ1) is 13.0. The van der Waals surface area contributed by atoms with Gasteiger partial charge in [0.25, 0.3) is 11.5 Å². The highest BCUT2D eigenvalue weighted by Crippen LogP contribution is 2.22. The van der Waals surface area contributed by atoms with Crippen molar-refractivity contribution < 1.29 is 14.3 Å². The van der Waals surface area contributed by atoms with E-state index in [1.165, 1.54) is 10.9 Å². The molecule has 144 valence electrons. The highest BCUT2D eigenvalue weighted by Gasteiger charge is 2.21. The number of nitrogens with one attached hydrogen (secondary N) is 1. The Morgan fingerprint density at radius 2 is 2.04 bits per heavy atom. The Morgan fingerprint density at radius 1 is 1.30 bits per heavy atom. The molecule has 0 spiro atoms. The molecule has 1 aliphatic heterocycles. The molecule has 2 heterocycles. The van der Waals surface area contributed by atoms with Crippen molar-refractivity contribution in [2.24, 2.45) is 7.05 Å². The van der Waals surface area contributed by atoms with Crippen molar-refractivity contribution in [1.82, 2.24) is 9.78 Å². The second-order valence-electron chi connectivity index (χ2n) is 6.47. The first-order valence-electron chi connectivity index (χ1n) is 8.85. The molecule has 2 aromatic rings. The Labute approximate surface area is 157 Å². The SMILES string of the molecule is Cc1cccc(OCC(=O)Nc2cnn(C)c(=O)c2N2CCOCC2)c1C. The average Bonchev–Trinajstić information content (AvgIpc) is 2.67. The van der Waals surface area contributed by atoms with Crippen LogP contribution in [-0.4, -0.2) is 48.6 Å². The van der Waals surface area contributed by atoms with Gasteiger partial charge in [-0.25, -0.2) is 4.68 Å². The second-order valence-corrected chi connectivity index (χ2v) is 6.47. The minimum Gasteiger partial charge on any atom is -0.483 e. The number of aryl methyl sites for hydroxylation is 2. The van der Waals surface area contributed by atoms with Gasteiger partial charge in [-0.15, -0.1) is 0 Å². The Balaban J connectivity index is 1.74. The van der Waals surface area contributed by atoms with Gasteiger partial charge in [-0.1, -0.05) is 12.1 Å². The number of benzene rings is 1. The summed E-state index contributed by atoms with van der Waals surface area (Å²) in [6.07, 6.45) is 1.49. The quantitative estimate of drug-likeness (QED) is 0.850. The molecule has 0 unspecified atom stereocenters. The van der Waals surface area contributed by atoms with Crippen LogP contribution in [0, 0.1) is 13.8 Å². The molecule has 8 nitrogen and oxygen atoms in total. The third-order valence-corrected chi connectivity index (χ3v) is 4.63. The fourth-order valence-electron chi connectivity index (χ4n) is 2.92. The molecule has 1 aliphatic rings. The Hall–Kier alpha value is -2.87. The lowest BCUT2D eigenvalue weighted by Gasteiger charge is -2.29. The number of hydrogen-bond donors (Lipinski definition) is 1. The maximum Gasteiger partial charge on any atom is 0.292 e. The van der Waals surface area contributed by atoms with Crippen molar-refractivity contribution in [2.45, 2.75) is 13.8 Å². The van der Waals surface area contributed by atoms with E-state index in [1.54, 1.807) is 7.05 Å². The first-order valence-corrected chi connectivity index (χ1v) is 8.85. The predicted molar refractivity (Wildman–Crippen MR) is 103 cm³/mol. The number of aromatic nitrogens is 2. The van der Waals surface area contributed by atoms with Crippen LogP contribution in [0.4, 0.5) is 11.4 Å². The zero-order valence-electron chi connectivity index (χ0n) is 15.8. The van der Waals surface area contributed by atoms with Gasteiger partial charge in [0.1, 0.15) is 11.4 Å². The number of morpholine rings is 1.